The number of aromatic amines is 1. The SMILES string of the molecule is O=c1cc(CO)[nH]cc1OCCCCOc1ccccc1. The van der Waals surface area contributed by atoms with E-state index in [1.165, 1.54) is 12.3 Å². The van der Waals surface area contributed by atoms with Crippen molar-refractivity contribution in [3.8, 4) is 11.5 Å². The maximum atomic E-state index is 11.6. The summed E-state index contributed by atoms with van der Waals surface area (Å²) >= 11 is 0. The van der Waals surface area contributed by atoms with Gasteiger partial charge in [-0.3, -0.25) is 4.79 Å². The molecule has 21 heavy (non-hydrogen) atoms. The van der Waals surface area contributed by atoms with E-state index in [0.29, 0.717) is 18.9 Å². The van der Waals surface area contributed by atoms with E-state index in [0.717, 1.165) is 18.6 Å². The molecule has 0 aliphatic rings. The highest BCUT2D eigenvalue weighted by molar-refractivity contribution is 5.21. The molecule has 0 saturated carbocycles. The molecule has 5 heteroatoms. The van der Waals surface area contributed by atoms with Gasteiger partial charge in [-0.2, -0.15) is 0 Å². The Labute approximate surface area is 123 Å². The zero-order valence-corrected chi connectivity index (χ0v) is 11.7. The summed E-state index contributed by atoms with van der Waals surface area (Å²) < 4.78 is 11.0. The lowest BCUT2D eigenvalue weighted by molar-refractivity contribution is 0.262. The number of nitrogens with one attached hydrogen (secondary N) is 1. The molecular weight excluding hydrogens is 270 g/mol. The van der Waals surface area contributed by atoms with Gasteiger partial charge in [0.25, 0.3) is 0 Å². The van der Waals surface area contributed by atoms with E-state index in [2.05, 4.69) is 4.98 Å². The lowest BCUT2D eigenvalue weighted by Crippen LogP contribution is -2.11. The van der Waals surface area contributed by atoms with Crippen molar-refractivity contribution in [2.45, 2.75) is 19.4 Å². The largest absolute Gasteiger partial charge is 0.494 e. The predicted octanol–water partition coefficient (Wildman–Crippen LogP) is 2.11. The first kappa shape index (κ1) is 15.1. The van der Waals surface area contributed by atoms with E-state index >= 15 is 0 Å². The third-order valence-corrected chi connectivity index (χ3v) is 2.92. The summed E-state index contributed by atoms with van der Waals surface area (Å²) in [7, 11) is 0. The average molecular weight is 289 g/mol. The molecule has 0 saturated heterocycles. The minimum Gasteiger partial charge on any atom is -0.494 e. The molecule has 2 aromatic rings. The summed E-state index contributed by atoms with van der Waals surface area (Å²) in [5.74, 6) is 1.13. The fourth-order valence-electron chi connectivity index (χ4n) is 1.80. The van der Waals surface area contributed by atoms with E-state index < -0.39 is 0 Å². The van der Waals surface area contributed by atoms with Gasteiger partial charge in [-0.25, -0.2) is 0 Å². The van der Waals surface area contributed by atoms with Gasteiger partial charge in [-0.15, -0.1) is 0 Å². The Morgan fingerprint density at radius 1 is 1.05 bits per heavy atom. The average Bonchev–Trinajstić information content (AvgIpc) is 2.53. The van der Waals surface area contributed by atoms with Gasteiger partial charge in [0.2, 0.25) is 5.43 Å². The van der Waals surface area contributed by atoms with Crippen LogP contribution in [0.15, 0.2) is 47.4 Å². The monoisotopic (exact) mass is 289 g/mol. The number of benzene rings is 1. The maximum absolute atomic E-state index is 11.6. The number of aliphatic hydroxyl groups is 1. The number of para-hydroxylation sites is 1. The van der Waals surface area contributed by atoms with Crippen LogP contribution in [-0.2, 0) is 6.61 Å². The molecule has 1 heterocycles. The van der Waals surface area contributed by atoms with Gasteiger partial charge in [0, 0.05) is 18.0 Å². The third-order valence-electron chi connectivity index (χ3n) is 2.92. The highest BCUT2D eigenvalue weighted by Crippen LogP contribution is 2.09. The van der Waals surface area contributed by atoms with Gasteiger partial charge >= 0.3 is 0 Å². The van der Waals surface area contributed by atoms with Crippen molar-refractivity contribution in [2.75, 3.05) is 13.2 Å². The van der Waals surface area contributed by atoms with Crippen molar-refractivity contribution in [2.24, 2.45) is 0 Å². The Morgan fingerprint density at radius 3 is 2.43 bits per heavy atom. The number of ether oxygens (including phenoxy) is 2. The van der Waals surface area contributed by atoms with Crippen LogP contribution in [0.4, 0.5) is 0 Å². The van der Waals surface area contributed by atoms with Gasteiger partial charge in [-0.1, -0.05) is 18.2 Å². The summed E-state index contributed by atoms with van der Waals surface area (Å²) in [6.07, 6.45) is 3.13. The Balaban J connectivity index is 1.65. The highest BCUT2D eigenvalue weighted by atomic mass is 16.5. The molecule has 0 unspecified atom stereocenters. The summed E-state index contributed by atoms with van der Waals surface area (Å²) in [5.41, 5.74) is 0.252. The van der Waals surface area contributed by atoms with Crippen molar-refractivity contribution < 1.29 is 14.6 Å². The smallest absolute Gasteiger partial charge is 0.223 e. The van der Waals surface area contributed by atoms with Gasteiger partial charge in [0.05, 0.1) is 19.8 Å². The van der Waals surface area contributed by atoms with E-state index in [4.69, 9.17) is 14.6 Å². The lowest BCUT2D eigenvalue weighted by Gasteiger charge is -2.07. The molecule has 1 aromatic carbocycles. The molecule has 1 aromatic heterocycles. The van der Waals surface area contributed by atoms with Gasteiger partial charge in [-0.05, 0) is 25.0 Å². The summed E-state index contributed by atoms with van der Waals surface area (Å²) in [6.45, 7) is 0.888. The number of hydrogen-bond acceptors (Lipinski definition) is 4. The number of H-pyrrole nitrogens is 1. The summed E-state index contributed by atoms with van der Waals surface area (Å²) in [4.78, 5) is 14.4. The molecule has 0 atom stereocenters. The minimum absolute atomic E-state index is 0.188. The molecule has 0 fully saturated rings. The maximum Gasteiger partial charge on any atom is 0.223 e. The van der Waals surface area contributed by atoms with Crippen LogP contribution >= 0.6 is 0 Å². The van der Waals surface area contributed by atoms with Crippen molar-refractivity contribution in [1.82, 2.24) is 4.98 Å². The number of pyridine rings is 1. The van der Waals surface area contributed by atoms with Gasteiger partial charge in [0.1, 0.15) is 5.75 Å². The van der Waals surface area contributed by atoms with E-state index in [-0.39, 0.29) is 17.8 Å². The topological polar surface area (TPSA) is 71.5 Å². The Kier molecular flexibility index (Phi) is 5.84. The second kappa shape index (κ2) is 8.11. The molecule has 0 amide bonds. The van der Waals surface area contributed by atoms with Gasteiger partial charge in [0.15, 0.2) is 5.75 Å². The molecule has 0 aliphatic carbocycles. The quantitative estimate of drug-likeness (QED) is 0.730. The number of unbranched alkanes of at least 4 members (excludes halogenated alkanes) is 1. The standard InChI is InChI=1S/C16H19NO4/c18-12-13-10-15(19)16(11-17-13)21-9-5-4-8-20-14-6-2-1-3-7-14/h1-3,6-7,10-11,18H,4-5,8-9,12H2,(H,17,19). The lowest BCUT2D eigenvalue weighted by atomic mass is 10.3. The molecule has 0 aliphatic heterocycles. The first-order chi connectivity index (χ1) is 10.3. The van der Waals surface area contributed by atoms with Crippen molar-refractivity contribution >= 4 is 0 Å². The van der Waals surface area contributed by atoms with E-state index in [1.807, 2.05) is 30.3 Å². The predicted molar refractivity (Wildman–Crippen MR) is 79.7 cm³/mol. The second-order valence-electron chi connectivity index (χ2n) is 4.56. The van der Waals surface area contributed by atoms with Crippen LogP contribution in [0, 0.1) is 0 Å². The first-order valence-corrected chi connectivity index (χ1v) is 6.92. The van der Waals surface area contributed by atoms with Gasteiger partial charge < -0.3 is 19.6 Å². The zero-order chi connectivity index (χ0) is 14.9. The molecule has 0 spiro atoms. The number of rotatable bonds is 8. The van der Waals surface area contributed by atoms with Crippen molar-refractivity contribution in [1.29, 1.82) is 0 Å². The van der Waals surface area contributed by atoms with Crippen LogP contribution in [0.5, 0.6) is 11.5 Å². The Morgan fingerprint density at radius 2 is 1.76 bits per heavy atom. The Bertz CT molecular complexity index is 595. The van der Waals surface area contributed by atoms with Crippen LogP contribution < -0.4 is 14.9 Å². The van der Waals surface area contributed by atoms with Crippen LogP contribution in [0.2, 0.25) is 0 Å². The molecular formula is C16H19NO4. The van der Waals surface area contributed by atoms with Crippen LogP contribution in [0.1, 0.15) is 18.5 Å². The Hall–Kier alpha value is -2.27. The zero-order valence-electron chi connectivity index (χ0n) is 11.7. The number of hydrogen-bond donors (Lipinski definition) is 2. The molecule has 0 bridgehead atoms. The van der Waals surface area contributed by atoms with Crippen molar-refractivity contribution in [3.63, 3.8) is 0 Å². The van der Waals surface area contributed by atoms with Crippen LogP contribution in [-0.4, -0.2) is 23.3 Å². The van der Waals surface area contributed by atoms with E-state index in [9.17, 15) is 4.79 Å². The number of aliphatic hydroxyl groups excluding tert-OH is 1. The highest BCUT2D eigenvalue weighted by Gasteiger charge is 2.01. The van der Waals surface area contributed by atoms with Crippen LogP contribution in [0.25, 0.3) is 0 Å². The summed E-state index contributed by atoms with van der Waals surface area (Å²) in [6, 6.07) is 11.0. The third kappa shape index (κ3) is 4.96. The molecule has 2 N–H and O–H groups in total. The minimum atomic E-state index is -0.224. The van der Waals surface area contributed by atoms with Crippen molar-refractivity contribution in [3.05, 3.63) is 58.5 Å². The van der Waals surface area contributed by atoms with E-state index in [1.54, 1.807) is 0 Å². The normalized spacial score (nSPS) is 10.3. The molecule has 0 radical (unpaired) electrons. The molecule has 2 rings (SSSR count). The second-order valence-corrected chi connectivity index (χ2v) is 4.56. The fourth-order valence-corrected chi connectivity index (χ4v) is 1.80. The molecule has 112 valence electrons. The number of aromatic nitrogens is 1. The first-order valence-electron chi connectivity index (χ1n) is 6.92. The van der Waals surface area contributed by atoms with Crippen LogP contribution in [0.3, 0.4) is 0 Å². The molecule has 5 nitrogen and oxygen atoms in total. The summed E-state index contributed by atoms with van der Waals surface area (Å²) in [5, 5.41) is 8.90. The fraction of sp³-hybridized carbons (Fsp3) is 0.312.